The molecule has 11 heteroatoms. The highest BCUT2D eigenvalue weighted by atomic mass is 19.4. The molecule has 3 aromatic heterocycles. The second-order valence-electron chi connectivity index (χ2n) is 5.69. The highest BCUT2D eigenvalue weighted by Gasteiger charge is 2.30. The summed E-state index contributed by atoms with van der Waals surface area (Å²) in [6.07, 6.45) is -1.79. The SMILES string of the molecule is CNC(=O)n1ncc2c3[nH]n(-c4ccc(C(F)(F)F)cc4)c(=O)c3cnc21. The summed E-state index contributed by atoms with van der Waals surface area (Å²) in [5.41, 5.74) is -0.447. The van der Waals surface area contributed by atoms with Crippen LogP contribution in [0.1, 0.15) is 5.56 Å². The van der Waals surface area contributed by atoms with E-state index in [1.165, 1.54) is 31.6 Å². The Morgan fingerprint density at radius 2 is 1.85 bits per heavy atom. The van der Waals surface area contributed by atoms with E-state index in [0.717, 1.165) is 21.5 Å². The van der Waals surface area contributed by atoms with Crippen molar-refractivity contribution in [1.82, 2.24) is 29.9 Å². The van der Waals surface area contributed by atoms with Crippen molar-refractivity contribution >= 4 is 28.0 Å². The van der Waals surface area contributed by atoms with Crippen LogP contribution in [0.25, 0.3) is 27.6 Å². The lowest BCUT2D eigenvalue weighted by atomic mass is 10.2. The molecule has 0 atom stereocenters. The van der Waals surface area contributed by atoms with Gasteiger partial charge >= 0.3 is 12.2 Å². The van der Waals surface area contributed by atoms with E-state index in [2.05, 4.69) is 20.5 Å². The minimum absolute atomic E-state index is 0.221. The van der Waals surface area contributed by atoms with E-state index < -0.39 is 23.3 Å². The van der Waals surface area contributed by atoms with Crippen molar-refractivity contribution in [3.8, 4) is 5.69 Å². The molecule has 0 unspecified atom stereocenters. The number of aromatic amines is 1. The summed E-state index contributed by atoms with van der Waals surface area (Å²) in [6.45, 7) is 0. The second-order valence-corrected chi connectivity index (χ2v) is 5.69. The monoisotopic (exact) mass is 376 g/mol. The van der Waals surface area contributed by atoms with Crippen molar-refractivity contribution in [3.63, 3.8) is 0 Å². The molecule has 1 amide bonds. The van der Waals surface area contributed by atoms with Crippen LogP contribution in [0.5, 0.6) is 0 Å². The molecule has 0 fully saturated rings. The van der Waals surface area contributed by atoms with Gasteiger partial charge in [0.25, 0.3) is 5.56 Å². The number of aromatic nitrogens is 5. The molecule has 1 aromatic carbocycles. The van der Waals surface area contributed by atoms with Crippen molar-refractivity contribution in [2.24, 2.45) is 0 Å². The van der Waals surface area contributed by atoms with Crippen LogP contribution in [0.3, 0.4) is 0 Å². The number of fused-ring (bicyclic) bond motifs is 3. The number of H-pyrrole nitrogens is 1. The van der Waals surface area contributed by atoms with E-state index in [1.54, 1.807) is 0 Å². The van der Waals surface area contributed by atoms with Crippen LogP contribution in [-0.2, 0) is 6.18 Å². The summed E-state index contributed by atoms with van der Waals surface area (Å²) < 4.78 is 40.3. The van der Waals surface area contributed by atoms with E-state index in [4.69, 9.17) is 0 Å². The molecular formula is C16H11F3N6O2. The molecule has 3 heterocycles. The van der Waals surface area contributed by atoms with Crippen LogP contribution in [0, 0.1) is 0 Å². The Kier molecular flexibility index (Phi) is 3.54. The van der Waals surface area contributed by atoms with Crippen LogP contribution in [0.15, 0.2) is 41.5 Å². The molecule has 0 radical (unpaired) electrons. The van der Waals surface area contributed by atoms with Crippen molar-refractivity contribution in [3.05, 3.63) is 52.6 Å². The molecule has 4 aromatic rings. The van der Waals surface area contributed by atoms with Crippen LogP contribution in [0.4, 0.5) is 18.0 Å². The lowest BCUT2D eigenvalue weighted by molar-refractivity contribution is -0.137. The van der Waals surface area contributed by atoms with Gasteiger partial charge in [-0.15, -0.1) is 0 Å². The number of hydrogen-bond donors (Lipinski definition) is 2. The van der Waals surface area contributed by atoms with Crippen molar-refractivity contribution in [1.29, 1.82) is 0 Å². The number of pyridine rings is 1. The summed E-state index contributed by atoms with van der Waals surface area (Å²) in [7, 11) is 1.44. The predicted octanol–water partition coefficient (Wildman–Crippen LogP) is 2.27. The third-order valence-corrected chi connectivity index (χ3v) is 4.11. The minimum Gasteiger partial charge on any atom is -0.339 e. The van der Waals surface area contributed by atoms with Gasteiger partial charge in [-0.25, -0.2) is 14.5 Å². The van der Waals surface area contributed by atoms with Gasteiger partial charge in [0.1, 0.15) is 0 Å². The number of carbonyl (C=O) groups excluding carboxylic acids is 1. The molecule has 0 saturated carbocycles. The summed E-state index contributed by atoms with van der Waals surface area (Å²) in [6, 6.07) is 3.67. The molecule has 138 valence electrons. The van der Waals surface area contributed by atoms with Crippen LogP contribution in [-0.4, -0.2) is 37.6 Å². The van der Waals surface area contributed by atoms with Gasteiger partial charge in [0.2, 0.25) is 0 Å². The standard InChI is InChI=1S/C16H11F3N6O2/c1-20-15(27)25-13-10(7-22-25)12-11(6-21-13)14(26)24(23-12)9-4-2-8(3-5-9)16(17,18)19/h2-7,23H,1H3,(H,20,27). The summed E-state index contributed by atoms with van der Waals surface area (Å²) >= 11 is 0. The summed E-state index contributed by atoms with van der Waals surface area (Å²) in [4.78, 5) is 28.5. The number of nitrogens with one attached hydrogen (secondary N) is 2. The van der Waals surface area contributed by atoms with E-state index in [0.29, 0.717) is 10.9 Å². The van der Waals surface area contributed by atoms with Gasteiger partial charge in [0.05, 0.1) is 33.7 Å². The van der Waals surface area contributed by atoms with Crippen LogP contribution < -0.4 is 10.9 Å². The highest BCUT2D eigenvalue weighted by Crippen LogP contribution is 2.29. The number of alkyl halides is 3. The Morgan fingerprint density at radius 1 is 1.15 bits per heavy atom. The molecular weight excluding hydrogens is 365 g/mol. The van der Waals surface area contributed by atoms with Crippen molar-refractivity contribution < 1.29 is 18.0 Å². The maximum atomic E-state index is 12.7. The predicted molar refractivity (Wildman–Crippen MR) is 89.8 cm³/mol. The Labute approximate surface area is 148 Å². The third kappa shape index (κ3) is 2.55. The number of amides is 1. The topological polar surface area (TPSA) is 97.6 Å². The molecule has 4 rings (SSSR count). The smallest absolute Gasteiger partial charge is 0.339 e. The highest BCUT2D eigenvalue weighted by molar-refractivity contribution is 6.03. The molecule has 2 N–H and O–H groups in total. The summed E-state index contributed by atoms with van der Waals surface area (Å²) in [5.74, 6) is 0. The first kappa shape index (κ1) is 16.8. The zero-order valence-corrected chi connectivity index (χ0v) is 13.7. The van der Waals surface area contributed by atoms with Gasteiger partial charge in [-0.1, -0.05) is 0 Å². The molecule has 8 nitrogen and oxygen atoms in total. The Morgan fingerprint density at radius 3 is 2.48 bits per heavy atom. The third-order valence-electron chi connectivity index (χ3n) is 4.11. The second kappa shape index (κ2) is 5.69. The lowest BCUT2D eigenvalue weighted by Gasteiger charge is -2.07. The zero-order chi connectivity index (χ0) is 19.3. The Balaban J connectivity index is 1.89. The van der Waals surface area contributed by atoms with Crippen LogP contribution >= 0.6 is 0 Å². The number of hydrogen-bond acceptors (Lipinski definition) is 4. The van der Waals surface area contributed by atoms with Gasteiger partial charge in [0, 0.05) is 13.2 Å². The van der Waals surface area contributed by atoms with Crippen molar-refractivity contribution in [2.45, 2.75) is 6.18 Å². The normalized spacial score (nSPS) is 12.0. The Hall–Kier alpha value is -3.63. The minimum atomic E-state index is -4.46. The number of halogens is 3. The lowest BCUT2D eigenvalue weighted by Crippen LogP contribution is -2.25. The Bertz CT molecular complexity index is 1230. The molecule has 0 aliphatic carbocycles. The van der Waals surface area contributed by atoms with Gasteiger partial charge in [-0.05, 0) is 24.3 Å². The molecule has 0 spiro atoms. The van der Waals surface area contributed by atoms with Gasteiger partial charge < -0.3 is 5.32 Å². The van der Waals surface area contributed by atoms with Crippen molar-refractivity contribution in [2.75, 3.05) is 7.05 Å². The number of nitrogens with zero attached hydrogens (tertiary/aromatic N) is 4. The average molecular weight is 376 g/mol. The average Bonchev–Trinajstić information content (AvgIpc) is 3.22. The molecule has 0 bridgehead atoms. The van der Waals surface area contributed by atoms with Gasteiger partial charge in [-0.3, -0.25) is 9.89 Å². The van der Waals surface area contributed by atoms with Gasteiger partial charge in [-0.2, -0.15) is 23.0 Å². The fourth-order valence-electron chi connectivity index (χ4n) is 2.78. The molecule has 0 aliphatic heterocycles. The van der Waals surface area contributed by atoms with E-state index in [9.17, 15) is 22.8 Å². The first-order valence-electron chi connectivity index (χ1n) is 7.68. The van der Waals surface area contributed by atoms with E-state index >= 15 is 0 Å². The summed E-state index contributed by atoms with van der Waals surface area (Å²) in [5, 5.41) is 9.87. The molecule has 27 heavy (non-hydrogen) atoms. The maximum Gasteiger partial charge on any atom is 0.416 e. The van der Waals surface area contributed by atoms with Crippen LogP contribution in [0.2, 0.25) is 0 Å². The zero-order valence-electron chi connectivity index (χ0n) is 13.7. The van der Waals surface area contributed by atoms with Gasteiger partial charge in [0.15, 0.2) is 5.65 Å². The van der Waals surface area contributed by atoms with E-state index in [1.807, 2.05) is 0 Å². The molecule has 0 aliphatic rings. The number of carbonyl (C=O) groups is 1. The first-order chi connectivity index (χ1) is 12.8. The largest absolute Gasteiger partial charge is 0.416 e. The maximum absolute atomic E-state index is 12.7. The fourth-order valence-corrected chi connectivity index (χ4v) is 2.78. The first-order valence-corrected chi connectivity index (χ1v) is 7.68. The number of benzene rings is 1. The quantitative estimate of drug-likeness (QED) is 0.533. The van der Waals surface area contributed by atoms with E-state index in [-0.39, 0.29) is 16.7 Å². The molecule has 0 saturated heterocycles. The number of rotatable bonds is 1. The fraction of sp³-hybridized carbons (Fsp3) is 0.125.